The van der Waals surface area contributed by atoms with Crippen LogP contribution in [-0.2, 0) is 4.74 Å². The van der Waals surface area contributed by atoms with Crippen molar-refractivity contribution in [2.75, 3.05) is 7.11 Å². The molecule has 0 radical (unpaired) electrons. The van der Waals surface area contributed by atoms with Gasteiger partial charge in [0.1, 0.15) is 16.7 Å². The molecule has 0 saturated carbocycles. The van der Waals surface area contributed by atoms with E-state index >= 15 is 0 Å². The molecular weight excluding hydrogens is 200 g/mol. The molecule has 0 atom stereocenters. The Balaban J connectivity index is 2.40. The molecule has 0 spiro atoms. The van der Waals surface area contributed by atoms with Crippen molar-refractivity contribution in [3.63, 3.8) is 0 Å². The molecule has 0 aliphatic carbocycles. The largest absolute Gasteiger partial charge is 0.465 e. The third-order valence-electron chi connectivity index (χ3n) is 2.58. The number of esters is 2. The molecular formula is C10H6O5. The van der Waals surface area contributed by atoms with Gasteiger partial charge in [-0.05, 0) is 6.92 Å². The highest BCUT2D eigenvalue weighted by molar-refractivity contribution is 6.19. The van der Waals surface area contributed by atoms with E-state index in [0.29, 0.717) is 22.5 Å². The summed E-state index contributed by atoms with van der Waals surface area (Å²) in [6, 6.07) is 0. The average Bonchev–Trinajstić information content (AvgIpc) is 2.80. The van der Waals surface area contributed by atoms with Crippen LogP contribution in [0.2, 0.25) is 0 Å². The second-order valence-electron chi connectivity index (χ2n) is 3.35. The summed E-state index contributed by atoms with van der Waals surface area (Å²) in [7, 11) is 1.26. The van der Waals surface area contributed by atoms with Crippen molar-refractivity contribution in [2.45, 2.75) is 6.92 Å². The summed E-state index contributed by atoms with van der Waals surface area (Å²) in [6.45, 7) is 1.73. The van der Waals surface area contributed by atoms with Crippen LogP contribution in [0.5, 0.6) is 5.75 Å². The first kappa shape index (κ1) is 8.28. The average molecular weight is 206 g/mol. The molecule has 5 nitrogen and oxygen atoms in total. The summed E-state index contributed by atoms with van der Waals surface area (Å²) in [5, 5.41) is 0. The molecule has 0 amide bonds. The SMILES string of the molecule is COC(=O)c1c2c3oc1c(C)c3OC2=O. The van der Waals surface area contributed by atoms with E-state index in [1.165, 1.54) is 7.11 Å². The molecule has 3 rings (SSSR count). The normalized spacial score (nSPS) is 13.6. The summed E-state index contributed by atoms with van der Waals surface area (Å²) in [5.74, 6) is -0.697. The summed E-state index contributed by atoms with van der Waals surface area (Å²) in [6.07, 6.45) is 0. The topological polar surface area (TPSA) is 65.7 Å². The number of benzene rings is 1. The minimum atomic E-state index is -0.577. The predicted octanol–water partition coefficient (Wildman–Crippen LogP) is 1.50. The van der Waals surface area contributed by atoms with Gasteiger partial charge >= 0.3 is 11.9 Å². The number of rotatable bonds is 1. The zero-order valence-electron chi connectivity index (χ0n) is 8.04. The second-order valence-corrected chi connectivity index (χ2v) is 3.35. The van der Waals surface area contributed by atoms with Gasteiger partial charge < -0.3 is 13.9 Å². The fourth-order valence-corrected chi connectivity index (χ4v) is 1.89. The molecule has 5 heteroatoms. The lowest BCUT2D eigenvalue weighted by Crippen LogP contribution is -2.08. The van der Waals surface area contributed by atoms with E-state index in [1.54, 1.807) is 6.92 Å². The van der Waals surface area contributed by atoms with Gasteiger partial charge in [-0.15, -0.1) is 0 Å². The van der Waals surface area contributed by atoms with Gasteiger partial charge in [-0.25, -0.2) is 9.59 Å². The van der Waals surface area contributed by atoms with Crippen LogP contribution in [0.25, 0.3) is 11.2 Å². The number of furan rings is 2. The Labute approximate surface area is 83.9 Å². The van der Waals surface area contributed by atoms with Gasteiger partial charge in [-0.1, -0.05) is 0 Å². The van der Waals surface area contributed by atoms with Gasteiger partial charge in [0.25, 0.3) is 0 Å². The van der Waals surface area contributed by atoms with Crippen molar-refractivity contribution in [1.82, 2.24) is 0 Å². The maximum Gasteiger partial charge on any atom is 0.348 e. The highest BCUT2D eigenvalue weighted by Crippen LogP contribution is 2.46. The molecule has 0 fully saturated rings. The molecule has 0 saturated heterocycles. The summed E-state index contributed by atoms with van der Waals surface area (Å²) in [5.41, 5.74) is 1.77. The van der Waals surface area contributed by atoms with Crippen LogP contribution in [0.1, 0.15) is 26.3 Å². The zero-order valence-corrected chi connectivity index (χ0v) is 8.04. The van der Waals surface area contributed by atoms with Crippen molar-refractivity contribution >= 4 is 23.1 Å². The fraction of sp³-hybridized carbons (Fsp3) is 0.200. The predicted molar refractivity (Wildman–Crippen MR) is 48.4 cm³/mol. The number of aryl methyl sites for hydroxylation is 1. The van der Waals surface area contributed by atoms with E-state index in [4.69, 9.17) is 9.15 Å². The van der Waals surface area contributed by atoms with Crippen molar-refractivity contribution in [3.8, 4) is 5.75 Å². The molecule has 2 bridgehead atoms. The van der Waals surface area contributed by atoms with E-state index in [-0.39, 0.29) is 11.1 Å². The minimum Gasteiger partial charge on any atom is -0.465 e. The highest BCUT2D eigenvalue weighted by Gasteiger charge is 2.40. The number of carbonyl (C=O) groups is 2. The number of methoxy groups -OCH3 is 1. The van der Waals surface area contributed by atoms with Gasteiger partial charge in [-0.2, -0.15) is 0 Å². The third kappa shape index (κ3) is 0.743. The Hall–Kier alpha value is -2.04. The fourth-order valence-electron chi connectivity index (χ4n) is 1.89. The minimum absolute atomic E-state index is 0.177. The summed E-state index contributed by atoms with van der Waals surface area (Å²) >= 11 is 0. The van der Waals surface area contributed by atoms with Crippen LogP contribution < -0.4 is 4.74 Å². The number of carbonyl (C=O) groups excluding carboxylic acids is 2. The van der Waals surface area contributed by atoms with Crippen LogP contribution in [0.15, 0.2) is 4.42 Å². The molecule has 0 N–H and O–H groups in total. The van der Waals surface area contributed by atoms with E-state index in [2.05, 4.69) is 4.74 Å². The monoisotopic (exact) mass is 206 g/mol. The first-order chi connectivity index (χ1) is 7.15. The number of ether oxygens (including phenoxy) is 2. The quantitative estimate of drug-likeness (QED) is 0.661. The van der Waals surface area contributed by atoms with Crippen LogP contribution in [-0.4, -0.2) is 19.0 Å². The first-order valence-corrected chi connectivity index (χ1v) is 4.34. The Morgan fingerprint density at radius 2 is 2.07 bits per heavy atom. The van der Waals surface area contributed by atoms with E-state index in [1.807, 2.05) is 0 Å². The van der Waals surface area contributed by atoms with Crippen molar-refractivity contribution in [1.29, 1.82) is 0 Å². The van der Waals surface area contributed by atoms with Crippen LogP contribution >= 0.6 is 0 Å². The Kier molecular flexibility index (Phi) is 1.27. The van der Waals surface area contributed by atoms with Gasteiger partial charge in [0.05, 0.1) is 7.11 Å². The van der Waals surface area contributed by atoms with Crippen molar-refractivity contribution < 1.29 is 23.5 Å². The summed E-state index contributed by atoms with van der Waals surface area (Å²) in [4.78, 5) is 22.9. The molecule has 2 aromatic rings. The standard InChI is InChI=1S/C10H6O5/c1-3-6-4(9(11)13-2)5-8(14-6)7(3)15-10(5)12/h1-2H3. The number of hydrogen-bond acceptors (Lipinski definition) is 5. The molecule has 0 aromatic carbocycles. The smallest absolute Gasteiger partial charge is 0.348 e. The Morgan fingerprint density at radius 1 is 1.33 bits per heavy atom. The lowest BCUT2D eigenvalue weighted by molar-refractivity contribution is 0.0593. The van der Waals surface area contributed by atoms with E-state index < -0.39 is 11.9 Å². The number of fused-ring (bicyclic) bond motifs is 1. The van der Waals surface area contributed by atoms with Gasteiger partial charge in [-0.3, -0.25) is 0 Å². The van der Waals surface area contributed by atoms with Gasteiger partial charge in [0.15, 0.2) is 11.3 Å². The van der Waals surface area contributed by atoms with Crippen LogP contribution in [0, 0.1) is 6.92 Å². The van der Waals surface area contributed by atoms with Crippen LogP contribution in [0.3, 0.4) is 0 Å². The lowest BCUT2D eigenvalue weighted by atomic mass is 10.1. The second kappa shape index (κ2) is 2.31. The molecule has 76 valence electrons. The van der Waals surface area contributed by atoms with E-state index in [9.17, 15) is 9.59 Å². The molecule has 0 unspecified atom stereocenters. The lowest BCUT2D eigenvalue weighted by Gasteiger charge is -1.96. The Morgan fingerprint density at radius 3 is 2.73 bits per heavy atom. The third-order valence-corrected chi connectivity index (χ3v) is 2.58. The van der Waals surface area contributed by atoms with Gasteiger partial charge in [0, 0.05) is 5.56 Å². The number of hydrogen-bond donors (Lipinski definition) is 0. The first-order valence-electron chi connectivity index (χ1n) is 4.34. The molecule has 1 aliphatic rings. The van der Waals surface area contributed by atoms with Crippen LogP contribution in [0.4, 0.5) is 0 Å². The molecule has 15 heavy (non-hydrogen) atoms. The van der Waals surface area contributed by atoms with Crippen molar-refractivity contribution in [2.24, 2.45) is 0 Å². The highest BCUT2D eigenvalue weighted by atomic mass is 16.6. The molecule has 1 aliphatic heterocycles. The molecule has 3 heterocycles. The zero-order chi connectivity index (χ0) is 10.7. The van der Waals surface area contributed by atoms with E-state index in [0.717, 1.165) is 0 Å². The molecule has 2 aromatic heterocycles. The van der Waals surface area contributed by atoms with Gasteiger partial charge in [0.2, 0.25) is 0 Å². The maximum absolute atomic E-state index is 11.5. The maximum atomic E-state index is 11.5. The van der Waals surface area contributed by atoms with Crippen molar-refractivity contribution in [3.05, 3.63) is 16.7 Å². The Bertz CT molecular complexity index is 592. The summed E-state index contributed by atoms with van der Waals surface area (Å²) < 4.78 is 14.9.